The van der Waals surface area contributed by atoms with Gasteiger partial charge in [-0.15, -0.1) is 0 Å². The zero-order chi connectivity index (χ0) is 15.3. The van der Waals surface area contributed by atoms with Crippen molar-refractivity contribution in [1.29, 1.82) is 0 Å². The molecule has 0 saturated heterocycles. The predicted molar refractivity (Wildman–Crippen MR) is 77.7 cm³/mol. The molecule has 0 aromatic heterocycles. The zero-order valence-electron chi connectivity index (χ0n) is 12.1. The van der Waals surface area contributed by atoms with E-state index in [1.54, 1.807) is 6.07 Å². The number of carboxylic acid groups (broad SMARTS) is 1. The first kappa shape index (κ1) is 15.9. The summed E-state index contributed by atoms with van der Waals surface area (Å²) in [7, 11) is 0. The fourth-order valence-electron chi connectivity index (χ4n) is 2.84. The van der Waals surface area contributed by atoms with Gasteiger partial charge in [-0.3, -0.25) is 0 Å². The molecule has 5 heteroatoms. The molecule has 4 nitrogen and oxygen atoms in total. The highest BCUT2D eigenvalue weighted by molar-refractivity contribution is 5.87. The zero-order valence-corrected chi connectivity index (χ0v) is 12.1. The summed E-state index contributed by atoms with van der Waals surface area (Å²) in [5, 5.41) is 22.4. The van der Waals surface area contributed by atoms with Gasteiger partial charge in [0.15, 0.2) is 0 Å². The number of halogens is 1. The first-order chi connectivity index (χ1) is 10.0. The van der Waals surface area contributed by atoms with Crippen LogP contribution in [0.25, 0.3) is 0 Å². The SMILES string of the molecule is O=C(O)c1ccc(CNCC2(O)CCCCCC2)cc1F. The highest BCUT2D eigenvalue weighted by Gasteiger charge is 2.27. The van der Waals surface area contributed by atoms with Gasteiger partial charge in [-0.1, -0.05) is 31.7 Å². The third-order valence-electron chi connectivity index (χ3n) is 4.08. The molecule has 1 saturated carbocycles. The van der Waals surface area contributed by atoms with Gasteiger partial charge in [0.05, 0.1) is 11.2 Å². The van der Waals surface area contributed by atoms with Crippen molar-refractivity contribution < 1.29 is 19.4 Å². The lowest BCUT2D eigenvalue weighted by molar-refractivity contribution is 0.0250. The Bertz CT molecular complexity index is 496. The molecule has 0 heterocycles. The molecule has 116 valence electrons. The van der Waals surface area contributed by atoms with E-state index in [0.717, 1.165) is 25.7 Å². The number of benzene rings is 1. The molecular formula is C16H22FNO3. The van der Waals surface area contributed by atoms with Gasteiger partial charge in [-0.25, -0.2) is 9.18 Å². The molecule has 1 aromatic rings. The third-order valence-corrected chi connectivity index (χ3v) is 4.08. The molecule has 0 atom stereocenters. The van der Waals surface area contributed by atoms with Crippen LogP contribution in [0.4, 0.5) is 4.39 Å². The second-order valence-corrected chi connectivity index (χ2v) is 5.86. The molecule has 0 bridgehead atoms. The maximum atomic E-state index is 13.6. The number of nitrogens with one attached hydrogen (secondary N) is 1. The minimum Gasteiger partial charge on any atom is -0.478 e. The van der Waals surface area contributed by atoms with Crippen LogP contribution in [0.3, 0.4) is 0 Å². The first-order valence-electron chi connectivity index (χ1n) is 7.45. The number of hydrogen-bond donors (Lipinski definition) is 3. The summed E-state index contributed by atoms with van der Waals surface area (Å²) in [5.74, 6) is -1.99. The third kappa shape index (κ3) is 4.51. The summed E-state index contributed by atoms with van der Waals surface area (Å²) in [4.78, 5) is 10.7. The standard InChI is InChI=1S/C16H22FNO3/c17-14-9-12(5-6-13(14)15(19)20)10-18-11-16(21)7-3-1-2-4-8-16/h5-6,9,18,21H,1-4,7-8,10-11H2,(H,19,20). The minimum absolute atomic E-state index is 0.318. The Morgan fingerprint density at radius 3 is 2.48 bits per heavy atom. The van der Waals surface area contributed by atoms with Crippen LogP contribution < -0.4 is 5.32 Å². The normalized spacial score (nSPS) is 18.2. The van der Waals surface area contributed by atoms with Gasteiger partial charge < -0.3 is 15.5 Å². The lowest BCUT2D eigenvalue weighted by atomic mass is 9.94. The van der Waals surface area contributed by atoms with Crippen LogP contribution in [0.5, 0.6) is 0 Å². The van der Waals surface area contributed by atoms with Gasteiger partial charge in [0.2, 0.25) is 0 Å². The van der Waals surface area contributed by atoms with Crippen LogP contribution in [0.2, 0.25) is 0 Å². The Morgan fingerprint density at radius 1 is 1.24 bits per heavy atom. The summed E-state index contributed by atoms with van der Waals surface area (Å²) in [5.41, 5.74) is -0.313. The molecule has 0 spiro atoms. The molecule has 0 aliphatic heterocycles. The number of carboxylic acids is 1. The second kappa shape index (κ2) is 7.00. The predicted octanol–water partition coefficient (Wildman–Crippen LogP) is 2.70. The topological polar surface area (TPSA) is 69.6 Å². The fourth-order valence-corrected chi connectivity index (χ4v) is 2.84. The van der Waals surface area contributed by atoms with Gasteiger partial charge >= 0.3 is 5.97 Å². The van der Waals surface area contributed by atoms with E-state index in [4.69, 9.17) is 5.11 Å². The molecule has 0 radical (unpaired) electrons. The highest BCUT2D eigenvalue weighted by Crippen LogP contribution is 2.26. The second-order valence-electron chi connectivity index (χ2n) is 5.86. The average molecular weight is 295 g/mol. The summed E-state index contributed by atoms with van der Waals surface area (Å²) in [6.07, 6.45) is 6.02. The average Bonchev–Trinajstić information content (AvgIpc) is 2.63. The van der Waals surface area contributed by atoms with E-state index in [9.17, 15) is 14.3 Å². The number of carbonyl (C=O) groups is 1. The van der Waals surface area contributed by atoms with Crippen molar-refractivity contribution in [1.82, 2.24) is 5.32 Å². The van der Waals surface area contributed by atoms with Crippen molar-refractivity contribution in [3.05, 3.63) is 35.1 Å². The smallest absolute Gasteiger partial charge is 0.338 e. The Balaban J connectivity index is 1.88. The van der Waals surface area contributed by atoms with E-state index >= 15 is 0 Å². The highest BCUT2D eigenvalue weighted by atomic mass is 19.1. The molecule has 2 rings (SSSR count). The van der Waals surface area contributed by atoms with Crippen LogP contribution >= 0.6 is 0 Å². The summed E-state index contributed by atoms with van der Waals surface area (Å²) in [6, 6.07) is 4.10. The molecule has 1 aromatic carbocycles. The Hall–Kier alpha value is -1.46. The van der Waals surface area contributed by atoms with E-state index in [1.807, 2.05) is 0 Å². The van der Waals surface area contributed by atoms with Gasteiger partial charge in [0.1, 0.15) is 5.82 Å². The molecule has 21 heavy (non-hydrogen) atoms. The number of aromatic carboxylic acids is 1. The van der Waals surface area contributed by atoms with Gasteiger partial charge in [-0.05, 0) is 30.5 Å². The Kier molecular flexibility index (Phi) is 5.31. The summed E-state index contributed by atoms with van der Waals surface area (Å²) < 4.78 is 13.6. The van der Waals surface area contributed by atoms with E-state index in [-0.39, 0.29) is 5.56 Å². The van der Waals surface area contributed by atoms with Crippen LogP contribution in [0.1, 0.15) is 54.4 Å². The monoisotopic (exact) mass is 295 g/mol. The molecule has 3 N–H and O–H groups in total. The maximum Gasteiger partial charge on any atom is 0.338 e. The number of hydrogen-bond acceptors (Lipinski definition) is 3. The summed E-state index contributed by atoms with van der Waals surface area (Å²) in [6.45, 7) is 0.897. The largest absolute Gasteiger partial charge is 0.478 e. The van der Waals surface area contributed by atoms with E-state index in [0.29, 0.717) is 18.7 Å². The van der Waals surface area contributed by atoms with Crippen LogP contribution in [0.15, 0.2) is 18.2 Å². The maximum absolute atomic E-state index is 13.6. The minimum atomic E-state index is -1.26. The van der Waals surface area contributed by atoms with E-state index in [1.165, 1.54) is 25.0 Å². The van der Waals surface area contributed by atoms with E-state index < -0.39 is 17.4 Å². The Morgan fingerprint density at radius 2 is 1.90 bits per heavy atom. The molecule has 1 aliphatic carbocycles. The fraction of sp³-hybridized carbons (Fsp3) is 0.562. The molecule has 1 fully saturated rings. The molecule has 0 unspecified atom stereocenters. The molecular weight excluding hydrogens is 273 g/mol. The van der Waals surface area contributed by atoms with Crippen molar-refractivity contribution in [2.45, 2.75) is 50.7 Å². The first-order valence-corrected chi connectivity index (χ1v) is 7.45. The van der Waals surface area contributed by atoms with Crippen molar-refractivity contribution >= 4 is 5.97 Å². The lowest BCUT2D eigenvalue weighted by Crippen LogP contribution is -2.39. The van der Waals surface area contributed by atoms with Crippen LogP contribution in [-0.2, 0) is 6.54 Å². The quantitative estimate of drug-likeness (QED) is 0.731. The summed E-state index contributed by atoms with van der Waals surface area (Å²) >= 11 is 0. The van der Waals surface area contributed by atoms with Gasteiger partial charge in [0.25, 0.3) is 0 Å². The lowest BCUT2D eigenvalue weighted by Gasteiger charge is -2.27. The Labute approximate surface area is 124 Å². The van der Waals surface area contributed by atoms with Crippen molar-refractivity contribution in [3.63, 3.8) is 0 Å². The van der Waals surface area contributed by atoms with Crippen LogP contribution in [-0.4, -0.2) is 28.3 Å². The van der Waals surface area contributed by atoms with Crippen molar-refractivity contribution in [3.8, 4) is 0 Å². The van der Waals surface area contributed by atoms with Gasteiger partial charge in [-0.2, -0.15) is 0 Å². The van der Waals surface area contributed by atoms with Crippen molar-refractivity contribution in [2.75, 3.05) is 6.54 Å². The number of aliphatic hydroxyl groups is 1. The van der Waals surface area contributed by atoms with Crippen LogP contribution in [0, 0.1) is 5.82 Å². The van der Waals surface area contributed by atoms with Crippen molar-refractivity contribution in [2.24, 2.45) is 0 Å². The number of rotatable bonds is 5. The molecule has 1 aliphatic rings. The van der Waals surface area contributed by atoms with Gasteiger partial charge in [0, 0.05) is 13.1 Å². The molecule has 0 amide bonds. The van der Waals surface area contributed by atoms with E-state index in [2.05, 4.69) is 5.32 Å².